The maximum Gasteiger partial charge on any atom is 0.335 e. The monoisotopic (exact) mass is 608 g/mol. The summed E-state index contributed by atoms with van der Waals surface area (Å²) >= 11 is 0. The van der Waals surface area contributed by atoms with E-state index in [2.05, 4.69) is 53.7 Å². The van der Waals surface area contributed by atoms with E-state index in [0.29, 0.717) is 42.4 Å². The average Bonchev–Trinajstić information content (AvgIpc) is 3.13. The van der Waals surface area contributed by atoms with E-state index in [1.165, 1.54) is 18.7 Å². The lowest BCUT2D eigenvalue weighted by Crippen LogP contribution is -2.37. The van der Waals surface area contributed by atoms with Crippen LogP contribution in [-0.4, -0.2) is 35.3 Å². The van der Waals surface area contributed by atoms with Gasteiger partial charge in [-0.3, -0.25) is 0 Å². The van der Waals surface area contributed by atoms with Gasteiger partial charge in [-0.05, 0) is 60.1 Å². The predicted molar refractivity (Wildman–Crippen MR) is 172 cm³/mol. The van der Waals surface area contributed by atoms with Gasteiger partial charge < -0.3 is 25.2 Å². The number of nitrogens with one attached hydrogen (secondary N) is 2. The maximum atomic E-state index is 15.7. The van der Waals surface area contributed by atoms with Crippen molar-refractivity contribution in [3.63, 3.8) is 0 Å². The fourth-order valence-electron chi connectivity index (χ4n) is 7.00. The van der Waals surface area contributed by atoms with Crippen LogP contribution in [0.15, 0.2) is 83.9 Å². The molecule has 2 heterocycles. The number of benzene rings is 2. The number of hydrogen-bond acceptors (Lipinski definition) is 7. The first-order chi connectivity index (χ1) is 21.6. The molecule has 0 spiro atoms. The minimum absolute atomic E-state index is 0.242. The van der Waals surface area contributed by atoms with Gasteiger partial charge in [0.25, 0.3) is 0 Å². The number of allylic oxidation sites excluding steroid dienone is 5. The van der Waals surface area contributed by atoms with Gasteiger partial charge in [-0.25, -0.2) is 19.2 Å². The third-order valence-corrected chi connectivity index (χ3v) is 9.20. The van der Waals surface area contributed by atoms with Gasteiger partial charge in [0.15, 0.2) is 0 Å². The topological polar surface area (TPSA) is 106 Å². The maximum absolute atomic E-state index is 15.7. The SMILES string of the molecule is COC1=C(C(=O)O)C(C)CC(Nc2ncc3c(n2)C2=CC=C(c4ccccc4C)CC2(C)C(c2c(F)cccc2OC)NC3)=C1. The molecule has 0 saturated carbocycles. The summed E-state index contributed by atoms with van der Waals surface area (Å²) in [6, 6.07) is 12.8. The van der Waals surface area contributed by atoms with Crippen molar-refractivity contribution < 1.29 is 23.8 Å². The summed E-state index contributed by atoms with van der Waals surface area (Å²) in [7, 11) is 3.03. The Morgan fingerprint density at radius 3 is 2.67 bits per heavy atom. The highest BCUT2D eigenvalue weighted by Crippen LogP contribution is 2.56. The first-order valence-electron chi connectivity index (χ1n) is 15.0. The minimum Gasteiger partial charge on any atom is -0.496 e. The number of fused-ring (bicyclic) bond motifs is 3. The second-order valence-electron chi connectivity index (χ2n) is 12.1. The van der Waals surface area contributed by atoms with Crippen LogP contribution in [0, 0.1) is 24.1 Å². The van der Waals surface area contributed by atoms with Crippen molar-refractivity contribution in [1.29, 1.82) is 0 Å². The Balaban J connectivity index is 1.47. The molecule has 1 aliphatic heterocycles. The van der Waals surface area contributed by atoms with Crippen LogP contribution in [-0.2, 0) is 16.1 Å². The molecule has 3 atom stereocenters. The summed E-state index contributed by atoms with van der Waals surface area (Å²) in [6.07, 6.45) is 8.85. The van der Waals surface area contributed by atoms with Crippen LogP contribution in [0.4, 0.5) is 10.3 Å². The molecule has 3 aromatic rings. The number of carboxylic acid groups (broad SMARTS) is 1. The second-order valence-corrected chi connectivity index (χ2v) is 12.1. The van der Waals surface area contributed by atoms with Crippen molar-refractivity contribution in [2.45, 2.75) is 46.2 Å². The molecule has 0 bridgehead atoms. The fourth-order valence-corrected chi connectivity index (χ4v) is 7.00. The van der Waals surface area contributed by atoms with Crippen molar-refractivity contribution in [2.24, 2.45) is 11.3 Å². The summed E-state index contributed by atoms with van der Waals surface area (Å²) in [6.45, 7) is 6.54. The number of anilines is 1. The van der Waals surface area contributed by atoms with Gasteiger partial charge in [-0.2, -0.15) is 0 Å². The molecule has 1 aromatic heterocycles. The number of aryl methyl sites for hydroxylation is 1. The van der Waals surface area contributed by atoms with Crippen LogP contribution in [0.25, 0.3) is 11.1 Å². The molecule has 0 fully saturated rings. The van der Waals surface area contributed by atoms with Crippen molar-refractivity contribution in [3.05, 3.63) is 118 Å². The highest BCUT2D eigenvalue weighted by Gasteiger charge is 2.46. The Hall–Kier alpha value is -4.76. The van der Waals surface area contributed by atoms with Gasteiger partial charge in [0.2, 0.25) is 5.95 Å². The minimum atomic E-state index is -0.994. The van der Waals surface area contributed by atoms with Gasteiger partial charge in [-0.1, -0.05) is 56.3 Å². The number of halogens is 1. The van der Waals surface area contributed by atoms with Crippen molar-refractivity contribution in [2.75, 3.05) is 19.5 Å². The summed E-state index contributed by atoms with van der Waals surface area (Å²) in [5.74, 6) is -0.409. The van der Waals surface area contributed by atoms with Gasteiger partial charge in [0.1, 0.15) is 17.3 Å². The van der Waals surface area contributed by atoms with Crippen LogP contribution in [0.1, 0.15) is 60.7 Å². The van der Waals surface area contributed by atoms with Crippen molar-refractivity contribution in [1.82, 2.24) is 15.3 Å². The van der Waals surface area contributed by atoms with E-state index in [-0.39, 0.29) is 17.3 Å². The van der Waals surface area contributed by atoms with Crippen LogP contribution in [0.3, 0.4) is 0 Å². The molecular formula is C36H37FN4O4. The Labute approximate surface area is 262 Å². The molecule has 2 aromatic carbocycles. The van der Waals surface area contributed by atoms with E-state index in [1.807, 2.05) is 19.1 Å². The number of ether oxygens (including phenoxy) is 2. The second kappa shape index (κ2) is 12.0. The number of rotatable bonds is 7. The molecular weight excluding hydrogens is 571 g/mol. The number of nitrogens with zero attached hydrogens (tertiary/aromatic N) is 2. The first kappa shape index (κ1) is 30.3. The first-order valence-corrected chi connectivity index (χ1v) is 15.0. The molecule has 8 nitrogen and oxygen atoms in total. The fraction of sp³-hybridized carbons (Fsp3) is 0.306. The number of aliphatic carboxylic acids is 1. The van der Waals surface area contributed by atoms with Crippen molar-refractivity contribution in [3.8, 4) is 5.75 Å². The molecule has 0 saturated heterocycles. The number of methoxy groups -OCH3 is 2. The van der Waals surface area contributed by atoms with Crippen LogP contribution < -0.4 is 15.4 Å². The number of hydrogen-bond donors (Lipinski definition) is 3. The Bertz CT molecular complexity index is 1810. The lowest BCUT2D eigenvalue weighted by molar-refractivity contribution is -0.133. The van der Waals surface area contributed by atoms with Gasteiger partial charge in [0, 0.05) is 47.1 Å². The lowest BCUT2D eigenvalue weighted by Gasteiger charge is -2.42. The lowest BCUT2D eigenvalue weighted by atomic mass is 9.65. The predicted octanol–water partition coefficient (Wildman–Crippen LogP) is 6.97. The number of aromatic nitrogens is 2. The van der Waals surface area contributed by atoms with E-state index in [0.717, 1.165) is 33.7 Å². The Morgan fingerprint density at radius 1 is 1.13 bits per heavy atom. The zero-order valence-corrected chi connectivity index (χ0v) is 26.1. The summed E-state index contributed by atoms with van der Waals surface area (Å²) < 4.78 is 26.8. The zero-order chi connectivity index (χ0) is 31.9. The van der Waals surface area contributed by atoms with Gasteiger partial charge in [0.05, 0.1) is 25.5 Å². The molecule has 45 heavy (non-hydrogen) atoms. The largest absolute Gasteiger partial charge is 0.496 e. The molecule has 0 radical (unpaired) electrons. The molecule has 3 unspecified atom stereocenters. The molecule has 232 valence electrons. The van der Waals surface area contributed by atoms with Crippen LogP contribution in [0.5, 0.6) is 5.75 Å². The third-order valence-electron chi connectivity index (χ3n) is 9.20. The molecule has 6 rings (SSSR count). The van der Waals surface area contributed by atoms with E-state index < -0.39 is 17.4 Å². The van der Waals surface area contributed by atoms with E-state index in [1.54, 1.807) is 31.5 Å². The number of carbonyl (C=O) groups is 1. The summed E-state index contributed by atoms with van der Waals surface area (Å²) in [5.41, 5.74) is 6.97. The van der Waals surface area contributed by atoms with Crippen molar-refractivity contribution >= 4 is 23.1 Å². The van der Waals surface area contributed by atoms with Crippen LogP contribution >= 0.6 is 0 Å². The Kier molecular flexibility index (Phi) is 8.05. The van der Waals surface area contributed by atoms with Crippen LogP contribution in [0.2, 0.25) is 0 Å². The normalized spacial score (nSPS) is 22.7. The standard InChI is InChI=1S/C36H37FN4O4/c1-20-9-6-7-10-25(20)22-13-14-26-32-23(18-38-33(36(26,3)17-22)31-27(37)11-8-12-28(31)44-4)19-39-35(41-32)40-24-15-21(2)30(34(42)43)29(16-24)45-5/h6-14,16,19,21,33,38H,15,17-18H2,1-5H3,(H,42,43)(H,39,40,41). The van der Waals surface area contributed by atoms with E-state index in [9.17, 15) is 9.90 Å². The summed E-state index contributed by atoms with van der Waals surface area (Å²) in [5, 5.41) is 16.6. The zero-order valence-electron chi connectivity index (χ0n) is 26.1. The Morgan fingerprint density at radius 2 is 1.93 bits per heavy atom. The number of carboxylic acids is 1. The highest BCUT2D eigenvalue weighted by molar-refractivity contribution is 5.89. The van der Waals surface area contributed by atoms with Gasteiger partial charge >= 0.3 is 5.97 Å². The third kappa shape index (κ3) is 5.42. The highest BCUT2D eigenvalue weighted by atomic mass is 19.1. The molecule has 2 aliphatic carbocycles. The molecule has 3 aliphatic rings. The van der Waals surface area contributed by atoms with Gasteiger partial charge in [-0.15, -0.1) is 0 Å². The van der Waals surface area contributed by atoms with E-state index >= 15 is 4.39 Å². The average molecular weight is 609 g/mol. The molecule has 3 N–H and O–H groups in total. The molecule has 9 heteroatoms. The molecule has 0 amide bonds. The smallest absolute Gasteiger partial charge is 0.335 e. The quantitative estimate of drug-likeness (QED) is 0.264. The van der Waals surface area contributed by atoms with E-state index in [4.69, 9.17) is 14.5 Å². The summed E-state index contributed by atoms with van der Waals surface area (Å²) in [4.78, 5) is 21.5.